The largest absolute Gasteiger partial charge is 0.462 e. The van der Waals surface area contributed by atoms with Gasteiger partial charge >= 0.3 is 5.97 Å². The van der Waals surface area contributed by atoms with Crippen molar-refractivity contribution in [2.75, 3.05) is 23.9 Å². The van der Waals surface area contributed by atoms with Gasteiger partial charge in [0.15, 0.2) is 10.3 Å². The average Bonchev–Trinajstić information content (AvgIpc) is 3.12. The number of rotatable bonds is 7. The van der Waals surface area contributed by atoms with Crippen molar-refractivity contribution in [2.24, 2.45) is 0 Å². The highest BCUT2D eigenvalue weighted by Gasteiger charge is 2.26. The third kappa shape index (κ3) is 4.10. The number of aromatic nitrogens is 4. The van der Waals surface area contributed by atoms with E-state index in [-0.39, 0.29) is 18.5 Å². The maximum absolute atomic E-state index is 12.7. The highest BCUT2D eigenvalue weighted by molar-refractivity contribution is 7.98. The van der Waals surface area contributed by atoms with E-state index in [1.165, 1.54) is 11.8 Å². The molecule has 1 unspecified atom stereocenters. The summed E-state index contributed by atoms with van der Waals surface area (Å²) in [5, 5.41) is 11.4. The smallest absolute Gasteiger partial charge is 0.350 e. The molecule has 2 aromatic rings. The summed E-state index contributed by atoms with van der Waals surface area (Å²) in [5.41, 5.74) is 6.36. The molecule has 2 aromatic heterocycles. The van der Waals surface area contributed by atoms with Crippen LogP contribution in [0.5, 0.6) is 0 Å². The van der Waals surface area contributed by atoms with Crippen molar-refractivity contribution < 1.29 is 14.3 Å². The summed E-state index contributed by atoms with van der Waals surface area (Å²) in [6, 6.07) is -0.576. The van der Waals surface area contributed by atoms with Crippen LogP contribution in [0.25, 0.3) is 0 Å². The van der Waals surface area contributed by atoms with Gasteiger partial charge in [-0.05, 0) is 26.5 Å². The topological polar surface area (TPSA) is 125 Å². The normalized spacial score (nSPS) is 12.0. The standard InChI is InChI=1S/C14H20N6O3S2/c1-5-8(20-12(15)18-19-14(20)24-4)10(21)17-13-16-7(3)9(25-13)11(22)23-6-2/h8H,5-6H2,1-4H3,(H2,15,18)(H,16,17,21). The predicted octanol–water partition coefficient (Wildman–Crippen LogP) is 2.11. The van der Waals surface area contributed by atoms with Crippen LogP contribution in [0.1, 0.15) is 41.7 Å². The lowest BCUT2D eigenvalue weighted by atomic mass is 10.2. The minimum absolute atomic E-state index is 0.175. The molecule has 1 atom stereocenters. The van der Waals surface area contributed by atoms with E-state index in [0.717, 1.165) is 11.3 Å². The number of hydrogen-bond acceptors (Lipinski definition) is 9. The van der Waals surface area contributed by atoms with Crippen LogP contribution in [-0.2, 0) is 9.53 Å². The fourth-order valence-corrected chi connectivity index (χ4v) is 3.63. The molecule has 9 nitrogen and oxygen atoms in total. The number of carbonyl (C=O) groups is 2. The highest BCUT2D eigenvalue weighted by Crippen LogP contribution is 2.27. The third-order valence-corrected chi connectivity index (χ3v) is 5.06. The van der Waals surface area contributed by atoms with Gasteiger partial charge in [0.1, 0.15) is 10.9 Å². The zero-order chi connectivity index (χ0) is 18.6. The number of thiazole rings is 1. The van der Waals surface area contributed by atoms with Crippen LogP contribution in [0.15, 0.2) is 5.16 Å². The minimum Gasteiger partial charge on any atom is -0.462 e. The van der Waals surface area contributed by atoms with Crippen molar-refractivity contribution >= 4 is 46.1 Å². The second-order valence-electron chi connectivity index (χ2n) is 4.98. The molecule has 25 heavy (non-hydrogen) atoms. The van der Waals surface area contributed by atoms with Gasteiger partial charge in [-0.25, -0.2) is 9.78 Å². The van der Waals surface area contributed by atoms with Crippen molar-refractivity contribution in [3.05, 3.63) is 10.6 Å². The Labute approximate surface area is 153 Å². The van der Waals surface area contributed by atoms with E-state index in [2.05, 4.69) is 20.5 Å². The molecular formula is C14H20N6O3S2. The van der Waals surface area contributed by atoms with Crippen LogP contribution < -0.4 is 11.1 Å². The molecular weight excluding hydrogens is 364 g/mol. The van der Waals surface area contributed by atoms with E-state index in [4.69, 9.17) is 10.5 Å². The Morgan fingerprint density at radius 3 is 2.72 bits per heavy atom. The van der Waals surface area contributed by atoms with E-state index >= 15 is 0 Å². The lowest BCUT2D eigenvalue weighted by Gasteiger charge is -2.17. The van der Waals surface area contributed by atoms with Gasteiger partial charge in [-0.3, -0.25) is 9.36 Å². The first-order valence-corrected chi connectivity index (χ1v) is 9.66. The van der Waals surface area contributed by atoms with Crippen molar-refractivity contribution in [2.45, 2.75) is 38.4 Å². The maximum atomic E-state index is 12.7. The fraction of sp³-hybridized carbons (Fsp3) is 0.500. The molecule has 0 saturated carbocycles. The number of esters is 1. The fourth-order valence-electron chi connectivity index (χ4n) is 2.23. The first-order chi connectivity index (χ1) is 11.9. The van der Waals surface area contributed by atoms with Crippen LogP contribution in [0.4, 0.5) is 11.1 Å². The molecule has 3 N–H and O–H groups in total. The predicted molar refractivity (Wildman–Crippen MR) is 97.0 cm³/mol. The number of hydrogen-bond donors (Lipinski definition) is 2. The molecule has 2 heterocycles. The SMILES string of the molecule is CCOC(=O)c1sc(NC(=O)C(CC)n2c(N)nnc2SC)nc1C. The number of amides is 1. The number of aryl methyl sites for hydroxylation is 1. The van der Waals surface area contributed by atoms with Gasteiger partial charge in [0.25, 0.3) is 0 Å². The van der Waals surface area contributed by atoms with E-state index in [1.807, 2.05) is 13.2 Å². The molecule has 0 spiro atoms. The van der Waals surface area contributed by atoms with E-state index in [9.17, 15) is 9.59 Å². The summed E-state index contributed by atoms with van der Waals surface area (Å²) in [6.07, 6.45) is 2.33. The molecule has 0 aliphatic heterocycles. The van der Waals surface area contributed by atoms with Gasteiger partial charge in [0.05, 0.1) is 12.3 Å². The van der Waals surface area contributed by atoms with Gasteiger partial charge < -0.3 is 15.8 Å². The molecule has 2 rings (SSSR count). The second kappa shape index (κ2) is 8.30. The summed E-state index contributed by atoms with van der Waals surface area (Å²) in [4.78, 5) is 29.1. The number of thioether (sulfide) groups is 1. The molecule has 11 heteroatoms. The number of nitrogens with two attached hydrogens (primary N) is 1. The zero-order valence-corrected chi connectivity index (χ0v) is 16.0. The third-order valence-electron chi connectivity index (χ3n) is 3.36. The van der Waals surface area contributed by atoms with Crippen molar-refractivity contribution in [3.8, 4) is 0 Å². The molecule has 0 aliphatic rings. The molecule has 0 aliphatic carbocycles. The van der Waals surface area contributed by atoms with E-state index in [1.54, 1.807) is 18.4 Å². The average molecular weight is 384 g/mol. The number of carbonyl (C=O) groups excluding carboxylic acids is 2. The first kappa shape index (κ1) is 19.2. The van der Waals surface area contributed by atoms with Crippen LogP contribution >= 0.6 is 23.1 Å². The van der Waals surface area contributed by atoms with Gasteiger partial charge in [0, 0.05) is 0 Å². The minimum atomic E-state index is -0.576. The van der Waals surface area contributed by atoms with E-state index in [0.29, 0.717) is 27.3 Å². The van der Waals surface area contributed by atoms with Gasteiger partial charge in [-0.1, -0.05) is 30.0 Å². The van der Waals surface area contributed by atoms with Crippen LogP contribution in [0.3, 0.4) is 0 Å². The Balaban J connectivity index is 2.22. The molecule has 0 saturated heterocycles. The number of ether oxygens (including phenoxy) is 1. The maximum Gasteiger partial charge on any atom is 0.350 e. The van der Waals surface area contributed by atoms with Crippen molar-refractivity contribution in [3.63, 3.8) is 0 Å². The monoisotopic (exact) mass is 384 g/mol. The van der Waals surface area contributed by atoms with Crippen molar-refractivity contribution in [1.29, 1.82) is 0 Å². The lowest BCUT2D eigenvalue weighted by Crippen LogP contribution is -2.27. The Morgan fingerprint density at radius 2 is 2.12 bits per heavy atom. The molecule has 1 amide bonds. The van der Waals surface area contributed by atoms with Gasteiger partial charge in [-0.15, -0.1) is 10.2 Å². The molecule has 0 aromatic carbocycles. The quantitative estimate of drug-likeness (QED) is 0.549. The Bertz CT molecular complexity index is 773. The van der Waals surface area contributed by atoms with Crippen LogP contribution in [-0.4, -0.2) is 44.5 Å². The molecule has 0 bridgehead atoms. The summed E-state index contributed by atoms with van der Waals surface area (Å²) in [7, 11) is 0. The van der Waals surface area contributed by atoms with Crippen LogP contribution in [0.2, 0.25) is 0 Å². The molecule has 0 fully saturated rings. The van der Waals surface area contributed by atoms with Gasteiger partial charge in [0.2, 0.25) is 11.9 Å². The zero-order valence-electron chi connectivity index (χ0n) is 14.4. The Hall–Kier alpha value is -2.14. The Kier molecular flexibility index (Phi) is 6.37. The highest BCUT2D eigenvalue weighted by atomic mass is 32.2. The van der Waals surface area contributed by atoms with Crippen LogP contribution in [0, 0.1) is 6.92 Å². The van der Waals surface area contributed by atoms with Crippen molar-refractivity contribution in [1.82, 2.24) is 19.7 Å². The summed E-state index contributed by atoms with van der Waals surface area (Å²) in [5.74, 6) is -0.569. The molecule has 0 radical (unpaired) electrons. The number of nitrogen functional groups attached to an aromatic ring is 1. The number of nitrogens with zero attached hydrogens (tertiary/aromatic N) is 4. The molecule has 136 valence electrons. The number of anilines is 2. The number of nitrogens with one attached hydrogen (secondary N) is 1. The van der Waals surface area contributed by atoms with Gasteiger partial charge in [-0.2, -0.15) is 0 Å². The summed E-state index contributed by atoms with van der Waals surface area (Å²) >= 11 is 2.44. The second-order valence-corrected chi connectivity index (χ2v) is 6.75. The lowest BCUT2D eigenvalue weighted by molar-refractivity contribution is -0.119. The Morgan fingerprint density at radius 1 is 1.40 bits per heavy atom. The first-order valence-electron chi connectivity index (χ1n) is 7.62. The summed E-state index contributed by atoms with van der Waals surface area (Å²) in [6.45, 7) is 5.57. The van der Waals surface area contributed by atoms with E-state index < -0.39 is 12.0 Å². The summed E-state index contributed by atoms with van der Waals surface area (Å²) < 4.78 is 6.57.